The summed E-state index contributed by atoms with van der Waals surface area (Å²) >= 11 is 0. The van der Waals surface area contributed by atoms with Crippen LogP contribution in [-0.4, -0.2) is 71.4 Å². The summed E-state index contributed by atoms with van der Waals surface area (Å²) in [7, 11) is 0. The molecular weight excluding hydrogens is 668 g/mol. The van der Waals surface area contributed by atoms with Gasteiger partial charge in [-0.3, -0.25) is 24.2 Å². The van der Waals surface area contributed by atoms with Gasteiger partial charge in [0, 0.05) is 48.9 Å². The molecule has 1 aromatic heterocycles. The second-order valence-corrected chi connectivity index (χ2v) is 12.3. The molecule has 1 fully saturated rings. The first-order valence-electron chi connectivity index (χ1n) is 16.4. The van der Waals surface area contributed by atoms with Crippen LogP contribution in [0.25, 0.3) is 5.69 Å². The lowest BCUT2D eigenvalue weighted by Gasteiger charge is -2.38. The van der Waals surface area contributed by atoms with Crippen LogP contribution < -0.4 is 15.5 Å². The number of benzene rings is 3. The van der Waals surface area contributed by atoms with Crippen molar-refractivity contribution in [2.45, 2.75) is 38.0 Å². The smallest absolute Gasteiger partial charge is 0.366 e. The number of ether oxygens (including phenoxy) is 1. The van der Waals surface area contributed by atoms with E-state index in [-0.39, 0.29) is 18.7 Å². The van der Waals surface area contributed by atoms with E-state index < -0.39 is 47.2 Å². The molecule has 2 atom stereocenters. The lowest BCUT2D eigenvalue weighted by atomic mass is 9.80. The quantitative estimate of drug-likeness (QED) is 0.174. The fourth-order valence-electron chi connectivity index (χ4n) is 6.45. The molecule has 3 amide bonds. The molecule has 4 aromatic rings. The summed E-state index contributed by atoms with van der Waals surface area (Å²) in [6, 6.07) is 17.0. The zero-order chi connectivity index (χ0) is 36.3. The van der Waals surface area contributed by atoms with Crippen LogP contribution in [0.5, 0.6) is 0 Å². The van der Waals surface area contributed by atoms with E-state index in [1.165, 1.54) is 35.2 Å². The molecular formula is C37H36F4N6O4. The molecule has 0 bridgehead atoms. The van der Waals surface area contributed by atoms with Gasteiger partial charge in [0.1, 0.15) is 17.7 Å². The van der Waals surface area contributed by atoms with Gasteiger partial charge < -0.3 is 15.4 Å². The van der Waals surface area contributed by atoms with Gasteiger partial charge in [-0.1, -0.05) is 43.0 Å². The standard InChI is InChI=1S/C37H36F4N6O4/c1-3-46-35-31(29(44-47(35)28-11-5-4-6-12-28)20-42-33(48)23(2)21-45-17-8-18-51-22-45)30(24-13-15-27(38)16-14-24)32(36(46)50)43-34(49)25-9-7-10-26(19-25)37(39,40)41/h4-7,9-16,19,30,32H,2-3,8,17-18,20-22H2,1H3,(H,42,48)(H,43,49)/t30-,32-/m0/s1. The number of amides is 3. The van der Waals surface area contributed by atoms with Crippen molar-refractivity contribution in [3.05, 3.63) is 125 Å². The zero-order valence-corrected chi connectivity index (χ0v) is 27.8. The van der Waals surface area contributed by atoms with Crippen molar-refractivity contribution in [1.82, 2.24) is 25.3 Å². The molecule has 3 heterocycles. The van der Waals surface area contributed by atoms with Gasteiger partial charge in [-0.05, 0) is 61.4 Å². The topological polar surface area (TPSA) is 109 Å². The van der Waals surface area contributed by atoms with Crippen LogP contribution in [0, 0.1) is 5.82 Å². The molecule has 51 heavy (non-hydrogen) atoms. The number of anilines is 1. The third-order valence-electron chi connectivity index (χ3n) is 8.88. The van der Waals surface area contributed by atoms with Gasteiger partial charge in [0.2, 0.25) is 5.91 Å². The Morgan fingerprint density at radius 3 is 2.45 bits per heavy atom. The maximum Gasteiger partial charge on any atom is 0.416 e. The third-order valence-corrected chi connectivity index (χ3v) is 8.88. The summed E-state index contributed by atoms with van der Waals surface area (Å²) in [5, 5.41) is 10.5. The third kappa shape index (κ3) is 7.56. The summed E-state index contributed by atoms with van der Waals surface area (Å²) in [5.41, 5.74) is 0.862. The number of alkyl halides is 3. The Hall–Kier alpha value is -5.34. The highest BCUT2D eigenvalue weighted by molar-refractivity contribution is 6.05. The Morgan fingerprint density at radius 1 is 1.04 bits per heavy atom. The normalized spacial score (nSPS) is 17.9. The Kier molecular flexibility index (Phi) is 10.3. The summed E-state index contributed by atoms with van der Waals surface area (Å²) < 4.78 is 61.9. The first kappa shape index (κ1) is 35.5. The molecule has 266 valence electrons. The molecule has 0 saturated carbocycles. The number of hydrogen-bond donors (Lipinski definition) is 2. The maximum absolute atomic E-state index is 14.4. The van der Waals surface area contributed by atoms with E-state index in [2.05, 4.69) is 17.2 Å². The molecule has 0 aliphatic carbocycles. The summed E-state index contributed by atoms with van der Waals surface area (Å²) in [5.74, 6) is -3.02. The van der Waals surface area contributed by atoms with Crippen LogP contribution in [0.1, 0.15) is 52.0 Å². The number of carbonyl (C=O) groups excluding carboxylic acids is 3. The molecule has 6 rings (SSSR count). The number of halogens is 4. The second-order valence-electron chi connectivity index (χ2n) is 12.3. The van der Waals surface area contributed by atoms with Crippen molar-refractivity contribution in [3.63, 3.8) is 0 Å². The molecule has 1 saturated heterocycles. The molecule has 2 aliphatic heterocycles. The number of nitrogens with one attached hydrogen (secondary N) is 2. The Balaban J connectivity index is 1.43. The van der Waals surface area contributed by atoms with Crippen LogP contribution in [0.4, 0.5) is 23.4 Å². The minimum atomic E-state index is -4.69. The van der Waals surface area contributed by atoms with Crippen molar-refractivity contribution in [3.8, 4) is 5.69 Å². The van der Waals surface area contributed by atoms with E-state index in [9.17, 15) is 31.9 Å². The summed E-state index contributed by atoms with van der Waals surface area (Å²) in [6.45, 7) is 7.82. The van der Waals surface area contributed by atoms with Gasteiger partial charge in [0.05, 0.1) is 30.2 Å². The lowest BCUT2D eigenvalue weighted by molar-refractivity contribution is -0.137. The van der Waals surface area contributed by atoms with Crippen molar-refractivity contribution in [1.29, 1.82) is 0 Å². The number of carbonyl (C=O) groups is 3. The van der Waals surface area contributed by atoms with Gasteiger partial charge in [0.25, 0.3) is 11.8 Å². The summed E-state index contributed by atoms with van der Waals surface area (Å²) in [6.07, 6.45) is -3.86. The van der Waals surface area contributed by atoms with Crippen molar-refractivity contribution < 1.29 is 36.7 Å². The van der Waals surface area contributed by atoms with E-state index in [0.717, 1.165) is 31.2 Å². The highest BCUT2D eigenvalue weighted by atomic mass is 19.4. The number of rotatable bonds is 10. The van der Waals surface area contributed by atoms with Crippen LogP contribution in [0.2, 0.25) is 0 Å². The number of nitrogens with zero attached hydrogens (tertiary/aromatic N) is 4. The average Bonchev–Trinajstić information content (AvgIpc) is 3.50. The van der Waals surface area contributed by atoms with E-state index in [1.807, 2.05) is 11.0 Å². The van der Waals surface area contributed by atoms with Crippen LogP contribution in [-0.2, 0) is 27.0 Å². The Bertz CT molecular complexity index is 1920. The number of likely N-dealkylation sites (N-methyl/N-ethyl adjacent to an activating group) is 1. The number of hydrogen-bond acceptors (Lipinski definition) is 6. The molecule has 10 nitrogen and oxygen atoms in total. The predicted octanol–water partition coefficient (Wildman–Crippen LogP) is 5.18. The number of para-hydroxylation sites is 1. The lowest BCUT2D eigenvalue weighted by Crippen LogP contribution is -2.55. The van der Waals surface area contributed by atoms with Gasteiger partial charge in [0.15, 0.2) is 0 Å². The molecule has 2 N–H and O–H groups in total. The fraction of sp³-hybridized carbons (Fsp3) is 0.297. The molecule has 0 spiro atoms. The van der Waals surface area contributed by atoms with Gasteiger partial charge in [-0.15, -0.1) is 0 Å². The van der Waals surface area contributed by atoms with Crippen molar-refractivity contribution in [2.75, 3.05) is 37.9 Å². The molecule has 3 aromatic carbocycles. The molecule has 0 radical (unpaired) electrons. The summed E-state index contributed by atoms with van der Waals surface area (Å²) in [4.78, 5) is 44.8. The van der Waals surface area contributed by atoms with Crippen molar-refractivity contribution >= 4 is 23.5 Å². The maximum atomic E-state index is 14.4. The highest BCUT2D eigenvalue weighted by Gasteiger charge is 2.46. The van der Waals surface area contributed by atoms with E-state index in [0.29, 0.717) is 53.8 Å². The first-order chi connectivity index (χ1) is 24.5. The fourth-order valence-corrected chi connectivity index (χ4v) is 6.45. The number of aromatic nitrogens is 2. The number of fused-ring (bicyclic) bond motifs is 1. The second kappa shape index (κ2) is 14.9. The van der Waals surface area contributed by atoms with Crippen LogP contribution in [0.15, 0.2) is 91.0 Å². The zero-order valence-electron chi connectivity index (χ0n) is 27.8. The molecule has 2 aliphatic rings. The highest BCUT2D eigenvalue weighted by Crippen LogP contribution is 2.44. The van der Waals surface area contributed by atoms with Gasteiger partial charge >= 0.3 is 6.18 Å². The van der Waals surface area contributed by atoms with Gasteiger partial charge in [-0.2, -0.15) is 18.3 Å². The first-order valence-corrected chi connectivity index (χ1v) is 16.4. The van der Waals surface area contributed by atoms with E-state index in [1.54, 1.807) is 35.9 Å². The van der Waals surface area contributed by atoms with Crippen LogP contribution in [0.3, 0.4) is 0 Å². The molecule has 0 unspecified atom stereocenters. The van der Waals surface area contributed by atoms with E-state index in [4.69, 9.17) is 9.84 Å². The Labute approximate surface area is 291 Å². The Morgan fingerprint density at radius 2 is 1.78 bits per heavy atom. The van der Waals surface area contributed by atoms with Gasteiger partial charge in [-0.25, -0.2) is 9.07 Å². The SMILES string of the molecule is C=C(CN1CCCOC1)C(=O)NCc1nn(-c2ccccc2)c2c1[C@H](c1ccc(F)cc1)[C@H](NC(=O)c1cccc(C(F)(F)F)c1)C(=O)N2CC. The van der Waals surface area contributed by atoms with Crippen LogP contribution >= 0.6 is 0 Å². The minimum absolute atomic E-state index is 0.103. The predicted molar refractivity (Wildman–Crippen MR) is 181 cm³/mol. The molecule has 14 heteroatoms. The monoisotopic (exact) mass is 704 g/mol. The average molecular weight is 705 g/mol. The van der Waals surface area contributed by atoms with E-state index >= 15 is 0 Å². The minimum Gasteiger partial charge on any atom is -0.366 e. The van der Waals surface area contributed by atoms with Crippen molar-refractivity contribution in [2.24, 2.45) is 0 Å². The largest absolute Gasteiger partial charge is 0.416 e.